The molecule has 4 aliphatic carbocycles. The summed E-state index contributed by atoms with van der Waals surface area (Å²) in [4.78, 5) is 16.8. The SMILES string of the molecule is C=C(NS(=O)(=O)CSOOOC)C(=O)OC(C)(C)C12CC3CC(CC(C3)C1)C2. The second kappa shape index (κ2) is 8.14. The van der Waals surface area contributed by atoms with E-state index in [1.807, 2.05) is 13.8 Å². The first-order valence-electron chi connectivity index (χ1n) is 9.47. The highest BCUT2D eigenvalue weighted by molar-refractivity contribution is 8.09. The fourth-order valence-electron chi connectivity index (χ4n) is 5.64. The van der Waals surface area contributed by atoms with E-state index in [1.54, 1.807) is 0 Å². The van der Waals surface area contributed by atoms with Gasteiger partial charge in [-0.2, -0.15) is 0 Å². The molecule has 0 aromatic heterocycles. The smallest absolute Gasteiger partial charge is 0.355 e. The maximum absolute atomic E-state index is 12.6. The molecule has 8 nitrogen and oxygen atoms in total. The summed E-state index contributed by atoms with van der Waals surface area (Å²) in [5.74, 6) is 1.41. The van der Waals surface area contributed by atoms with Gasteiger partial charge in [-0.25, -0.2) is 18.1 Å². The molecule has 10 heteroatoms. The second-order valence-electron chi connectivity index (χ2n) is 8.83. The standard InChI is InChI=1S/C18H29NO7S2/c1-12(19-28(21,22)11-27-26-25-23-4)16(20)24-17(2,3)18-8-13-5-14(9-18)7-15(6-13)10-18/h13-15,19H,1,5-11H2,2-4H3. The van der Waals surface area contributed by atoms with Crippen LogP contribution in [0.4, 0.5) is 0 Å². The molecule has 0 aromatic carbocycles. The van der Waals surface area contributed by atoms with E-state index in [9.17, 15) is 13.2 Å². The van der Waals surface area contributed by atoms with Crippen molar-refractivity contribution in [2.75, 3.05) is 12.2 Å². The Morgan fingerprint density at radius 2 is 1.71 bits per heavy atom. The molecule has 0 saturated heterocycles. The molecule has 0 aliphatic heterocycles. The van der Waals surface area contributed by atoms with Crippen LogP contribution in [0.15, 0.2) is 12.3 Å². The molecule has 0 unspecified atom stereocenters. The Balaban J connectivity index is 1.58. The molecule has 0 heterocycles. The first-order valence-corrected chi connectivity index (χ1v) is 12.0. The molecular formula is C18H29NO7S2. The average molecular weight is 436 g/mol. The highest BCUT2D eigenvalue weighted by Crippen LogP contribution is 2.64. The lowest BCUT2D eigenvalue weighted by Crippen LogP contribution is -2.57. The summed E-state index contributed by atoms with van der Waals surface area (Å²) in [5.41, 5.74) is -1.03. The minimum Gasteiger partial charge on any atom is -0.454 e. The summed E-state index contributed by atoms with van der Waals surface area (Å²) in [6.07, 6.45) is 7.10. The number of rotatable bonds is 10. The highest BCUT2D eigenvalue weighted by atomic mass is 32.3. The number of hydrogen-bond donors (Lipinski definition) is 1. The van der Waals surface area contributed by atoms with E-state index in [0.717, 1.165) is 37.0 Å². The Labute approximate surface area is 170 Å². The summed E-state index contributed by atoms with van der Waals surface area (Å²) in [6, 6.07) is 0. The second-order valence-corrected chi connectivity index (χ2v) is 11.6. The van der Waals surface area contributed by atoms with Crippen molar-refractivity contribution < 1.29 is 32.2 Å². The van der Waals surface area contributed by atoms with Gasteiger partial charge in [-0.15, -0.1) is 4.33 Å². The van der Waals surface area contributed by atoms with Crippen LogP contribution in [-0.4, -0.2) is 32.2 Å². The Kier molecular flexibility index (Phi) is 6.36. The molecule has 0 radical (unpaired) electrons. The number of ether oxygens (including phenoxy) is 1. The van der Waals surface area contributed by atoms with Gasteiger partial charge in [0.25, 0.3) is 0 Å². The molecule has 4 bridgehead atoms. The fraction of sp³-hybridized carbons (Fsp3) is 0.833. The Morgan fingerprint density at radius 3 is 2.21 bits per heavy atom. The van der Waals surface area contributed by atoms with Gasteiger partial charge in [0.15, 0.2) is 0 Å². The van der Waals surface area contributed by atoms with Crippen molar-refractivity contribution in [3.63, 3.8) is 0 Å². The van der Waals surface area contributed by atoms with Gasteiger partial charge in [-0.1, -0.05) is 11.6 Å². The van der Waals surface area contributed by atoms with Crippen LogP contribution in [0.5, 0.6) is 0 Å². The molecule has 160 valence electrons. The zero-order chi connectivity index (χ0) is 20.6. The number of carbonyl (C=O) groups is 1. The predicted molar refractivity (Wildman–Crippen MR) is 104 cm³/mol. The van der Waals surface area contributed by atoms with E-state index in [4.69, 9.17) is 4.74 Å². The van der Waals surface area contributed by atoms with Crippen molar-refractivity contribution in [3.05, 3.63) is 12.3 Å². The van der Waals surface area contributed by atoms with Crippen molar-refractivity contribution in [1.29, 1.82) is 0 Å². The van der Waals surface area contributed by atoms with Crippen molar-refractivity contribution >= 4 is 28.0 Å². The molecule has 4 aliphatic rings. The first-order chi connectivity index (χ1) is 13.1. The van der Waals surface area contributed by atoms with Crippen molar-refractivity contribution in [1.82, 2.24) is 4.72 Å². The number of carbonyl (C=O) groups excluding carboxylic acids is 1. The zero-order valence-electron chi connectivity index (χ0n) is 16.6. The summed E-state index contributed by atoms with van der Waals surface area (Å²) >= 11 is 0.499. The topological polar surface area (TPSA) is 100 Å². The molecule has 28 heavy (non-hydrogen) atoms. The van der Waals surface area contributed by atoms with Crippen molar-refractivity contribution in [2.45, 2.75) is 58.0 Å². The summed E-state index contributed by atoms with van der Waals surface area (Å²) in [5, 5.41) is 3.62. The van der Waals surface area contributed by atoms with E-state index in [0.29, 0.717) is 12.0 Å². The maximum atomic E-state index is 12.6. The molecule has 0 aromatic rings. The largest absolute Gasteiger partial charge is 0.454 e. The van der Waals surface area contributed by atoms with E-state index >= 15 is 0 Å². The zero-order valence-corrected chi connectivity index (χ0v) is 18.2. The number of esters is 1. The molecule has 0 spiro atoms. The van der Waals surface area contributed by atoms with Gasteiger partial charge >= 0.3 is 5.97 Å². The van der Waals surface area contributed by atoms with Crippen molar-refractivity contribution in [3.8, 4) is 0 Å². The maximum Gasteiger partial charge on any atom is 0.355 e. The molecule has 1 N–H and O–H groups in total. The van der Waals surface area contributed by atoms with E-state index < -0.39 is 26.7 Å². The van der Waals surface area contributed by atoms with Crippen LogP contribution in [0, 0.1) is 23.2 Å². The number of sulfonamides is 1. The van der Waals surface area contributed by atoms with Crippen LogP contribution in [0.3, 0.4) is 0 Å². The van der Waals surface area contributed by atoms with E-state index in [-0.39, 0.29) is 11.1 Å². The minimum atomic E-state index is -3.85. The van der Waals surface area contributed by atoms with Gasteiger partial charge in [0.1, 0.15) is 16.4 Å². The molecule has 4 rings (SSSR count). The Bertz CT molecular complexity index is 684. The Hall–Kier alpha value is -0.810. The molecule has 4 fully saturated rings. The summed E-state index contributed by atoms with van der Waals surface area (Å²) in [6.45, 7) is 7.44. The predicted octanol–water partition coefficient (Wildman–Crippen LogP) is 3.07. The third kappa shape index (κ3) is 4.67. The van der Waals surface area contributed by atoms with Gasteiger partial charge in [-0.05, 0) is 70.1 Å². The number of nitrogens with one attached hydrogen (secondary N) is 1. The van der Waals surface area contributed by atoms with Crippen LogP contribution in [0.2, 0.25) is 0 Å². The lowest BCUT2D eigenvalue weighted by Gasteiger charge is -2.61. The van der Waals surface area contributed by atoms with Crippen LogP contribution >= 0.6 is 12.0 Å². The monoisotopic (exact) mass is 435 g/mol. The molecule has 4 saturated carbocycles. The fourth-order valence-corrected chi connectivity index (χ4v) is 7.09. The molecule has 0 amide bonds. The summed E-state index contributed by atoms with van der Waals surface area (Å²) in [7, 11) is -2.64. The normalized spacial score (nSPS) is 31.6. The van der Waals surface area contributed by atoms with Gasteiger partial charge in [-0.3, -0.25) is 4.72 Å². The van der Waals surface area contributed by atoms with Crippen molar-refractivity contribution in [2.24, 2.45) is 23.2 Å². The first kappa shape index (κ1) is 21.9. The van der Waals surface area contributed by atoms with Gasteiger partial charge in [0.2, 0.25) is 10.0 Å². The minimum absolute atomic E-state index is 0.0300. The third-order valence-corrected chi connectivity index (χ3v) is 8.87. The van der Waals surface area contributed by atoms with Gasteiger partial charge in [0, 0.05) is 5.41 Å². The van der Waals surface area contributed by atoms with E-state index in [1.165, 1.54) is 26.4 Å². The van der Waals surface area contributed by atoms with Crippen LogP contribution in [0.1, 0.15) is 52.4 Å². The van der Waals surface area contributed by atoms with Crippen LogP contribution < -0.4 is 4.72 Å². The van der Waals surface area contributed by atoms with E-state index in [2.05, 4.69) is 25.6 Å². The third-order valence-electron chi connectivity index (χ3n) is 6.54. The lowest BCUT2D eigenvalue weighted by molar-refractivity contribution is -0.447. The van der Waals surface area contributed by atoms with Gasteiger partial charge < -0.3 is 4.74 Å². The average Bonchev–Trinajstić information content (AvgIpc) is 2.56. The lowest BCUT2D eigenvalue weighted by atomic mass is 9.46. The van der Waals surface area contributed by atoms with Gasteiger partial charge in [0.05, 0.1) is 19.2 Å². The molecular weight excluding hydrogens is 406 g/mol. The highest BCUT2D eigenvalue weighted by Gasteiger charge is 2.58. The molecule has 0 atom stereocenters. The quantitative estimate of drug-likeness (QED) is 0.140. The Morgan fingerprint density at radius 1 is 1.18 bits per heavy atom. The van der Waals surface area contributed by atoms with Crippen LogP contribution in [-0.2, 0) is 33.8 Å². The number of hydrogen-bond acceptors (Lipinski definition) is 8. The van der Waals surface area contributed by atoms with Crippen LogP contribution in [0.25, 0.3) is 0 Å². The summed E-state index contributed by atoms with van der Waals surface area (Å²) < 4.78 is 36.4.